The highest BCUT2D eigenvalue weighted by Gasteiger charge is 2.29. The number of amides is 2. The molecule has 1 N–H and O–H groups in total. The molecule has 1 aliphatic carbocycles. The molecule has 0 bridgehead atoms. The van der Waals surface area contributed by atoms with Crippen LogP contribution in [0.5, 0.6) is 0 Å². The van der Waals surface area contributed by atoms with Gasteiger partial charge in [0.1, 0.15) is 0 Å². The zero-order valence-corrected chi connectivity index (χ0v) is 23.6. The molecule has 2 amide bonds. The number of carbonyl (C=O) groups excluding carboxylic acids is 2. The first kappa shape index (κ1) is 26.1. The summed E-state index contributed by atoms with van der Waals surface area (Å²) in [7, 11) is 0. The number of rotatable bonds is 5. The standard InChI is InChI=1S/C35H32N2O2S/c1-23-14-15-24(2)28(20-23)22-37-31-12-5-6-13-32(31)40-33(35(37)39)21-25-16-18-27(19-17-25)34(38)36-30-11-7-9-26-8-3-4-10-29(26)30/h3-6,8,10,12-21,30H,7,9,11,22H2,1-2H3,(H,36,38). The van der Waals surface area contributed by atoms with Crippen molar-refractivity contribution in [2.45, 2.75) is 50.6 Å². The van der Waals surface area contributed by atoms with Gasteiger partial charge in [-0.2, -0.15) is 0 Å². The SMILES string of the molecule is Cc1ccc(C)c(CN2C(=O)C(=Cc3ccc(C(=O)NC4CCCc5ccccc54)cc3)Sc3ccccc32)c1. The van der Waals surface area contributed by atoms with E-state index in [1.54, 1.807) is 0 Å². The van der Waals surface area contributed by atoms with Crippen LogP contribution in [0, 0.1) is 13.8 Å². The van der Waals surface area contributed by atoms with Gasteiger partial charge < -0.3 is 10.2 Å². The summed E-state index contributed by atoms with van der Waals surface area (Å²) in [4.78, 5) is 30.5. The van der Waals surface area contributed by atoms with Crippen molar-refractivity contribution in [1.29, 1.82) is 0 Å². The number of anilines is 1. The normalized spacial score (nSPS) is 17.4. The number of nitrogens with zero attached hydrogens (tertiary/aromatic N) is 1. The third kappa shape index (κ3) is 5.34. The Morgan fingerprint density at radius 2 is 1.75 bits per heavy atom. The quantitative estimate of drug-likeness (QED) is 0.261. The average molecular weight is 545 g/mol. The Balaban J connectivity index is 1.22. The molecule has 1 aliphatic heterocycles. The summed E-state index contributed by atoms with van der Waals surface area (Å²) in [5.41, 5.74) is 8.49. The van der Waals surface area contributed by atoms with Gasteiger partial charge in [-0.25, -0.2) is 0 Å². The Kier molecular flexibility index (Phi) is 7.31. The maximum Gasteiger partial charge on any atom is 0.265 e. The minimum absolute atomic E-state index is 0.0117. The lowest BCUT2D eigenvalue weighted by molar-refractivity contribution is -0.114. The number of carbonyl (C=O) groups is 2. The fourth-order valence-corrected chi connectivity index (χ4v) is 6.65. The molecule has 0 fully saturated rings. The van der Waals surface area contributed by atoms with Crippen molar-refractivity contribution in [3.63, 3.8) is 0 Å². The minimum atomic E-state index is -0.0716. The van der Waals surface area contributed by atoms with E-state index in [0.717, 1.165) is 41.0 Å². The summed E-state index contributed by atoms with van der Waals surface area (Å²) in [5, 5.41) is 3.23. The van der Waals surface area contributed by atoms with Gasteiger partial charge in [0.25, 0.3) is 11.8 Å². The van der Waals surface area contributed by atoms with Crippen molar-refractivity contribution in [2.75, 3.05) is 4.90 Å². The highest BCUT2D eigenvalue weighted by atomic mass is 32.2. The average Bonchev–Trinajstić information content (AvgIpc) is 2.97. The van der Waals surface area contributed by atoms with E-state index in [0.29, 0.717) is 17.0 Å². The second-order valence-electron chi connectivity index (χ2n) is 10.6. The summed E-state index contributed by atoms with van der Waals surface area (Å²) in [5.74, 6) is -0.0833. The van der Waals surface area contributed by atoms with Crippen molar-refractivity contribution in [3.05, 3.63) is 135 Å². The summed E-state index contributed by atoms with van der Waals surface area (Å²) in [6, 6.07) is 30.4. The topological polar surface area (TPSA) is 49.4 Å². The van der Waals surface area contributed by atoms with Crippen molar-refractivity contribution in [1.82, 2.24) is 5.32 Å². The zero-order chi connectivity index (χ0) is 27.6. The molecule has 6 rings (SSSR count). The van der Waals surface area contributed by atoms with Crippen LogP contribution in [0.15, 0.2) is 101 Å². The molecule has 1 unspecified atom stereocenters. The predicted octanol–water partition coefficient (Wildman–Crippen LogP) is 7.79. The van der Waals surface area contributed by atoms with E-state index in [4.69, 9.17) is 0 Å². The Labute approximate surface area is 240 Å². The second kappa shape index (κ2) is 11.2. The molecule has 1 atom stereocenters. The monoisotopic (exact) mass is 544 g/mol. The predicted molar refractivity (Wildman–Crippen MR) is 163 cm³/mol. The Morgan fingerprint density at radius 3 is 2.60 bits per heavy atom. The van der Waals surface area contributed by atoms with Crippen LogP contribution < -0.4 is 10.2 Å². The molecular formula is C35H32N2O2S. The Hall–Kier alpha value is -4.09. The molecule has 4 aromatic rings. The molecule has 200 valence electrons. The number of thioether (sulfide) groups is 1. The van der Waals surface area contributed by atoms with Gasteiger partial charge in [0.05, 0.1) is 23.2 Å². The number of fused-ring (bicyclic) bond motifs is 2. The summed E-state index contributed by atoms with van der Waals surface area (Å²) in [6.07, 6.45) is 5.02. The second-order valence-corrected chi connectivity index (χ2v) is 11.7. The Morgan fingerprint density at radius 1 is 0.975 bits per heavy atom. The van der Waals surface area contributed by atoms with Gasteiger partial charge in [0.2, 0.25) is 0 Å². The molecule has 4 nitrogen and oxygen atoms in total. The van der Waals surface area contributed by atoms with Crippen molar-refractivity contribution < 1.29 is 9.59 Å². The molecule has 0 spiro atoms. The molecule has 0 saturated carbocycles. The Bertz CT molecular complexity index is 1620. The smallest absolute Gasteiger partial charge is 0.265 e. The van der Waals surface area contributed by atoms with E-state index in [1.165, 1.54) is 34.0 Å². The number of hydrogen-bond acceptors (Lipinski definition) is 3. The fraction of sp³-hybridized carbons (Fsp3) is 0.200. The van der Waals surface area contributed by atoms with E-state index >= 15 is 0 Å². The summed E-state index contributed by atoms with van der Waals surface area (Å²) < 4.78 is 0. The minimum Gasteiger partial charge on any atom is -0.345 e. The largest absolute Gasteiger partial charge is 0.345 e. The van der Waals surface area contributed by atoms with E-state index < -0.39 is 0 Å². The third-order valence-corrected chi connectivity index (χ3v) is 8.89. The molecule has 40 heavy (non-hydrogen) atoms. The van der Waals surface area contributed by atoms with Crippen molar-refractivity contribution >= 4 is 35.3 Å². The number of nitrogens with one attached hydrogen (secondary N) is 1. The maximum absolute atomic E-state index is 13.8. The molecule has 0 aromatic heterocycles. The number of benzene rings is 4. The van der Waals surface area contributed by atoms with E-state index in [9.17, 15) is 9.59 Å². The van der Waals surface area contributed by atoms with Crippen molar-refractivity contribution in [3.8, 4) is 0 Å². The molecule has 5 heteroatoms. The van der Waals surface area contributed by atoms with Gasteiger partial charge in [-0.3, -0.25) is 9.59 Å². The highest BCUT2D eigenvalue weighted by Crippen LogP contribution is 2.43. The first-order valence-electron chi connectivity index (χ1n) is 13.8. The van der Waals surface area contributed by atoms with Gasteiger partial charge in [-0.1, -0.05) is 84.1 Å². The van der Waals surface area contributed by atoms with E-state index in [1.807, 2.05) is 59.5 Å². The van der Waals surface area contributed by atoms with Crippen LogP contribution in [-0.2, 0) is 17.8 Å². The van der Waals surface area contributed by atoms with Crippen LogP contribution >= 0.6 is 11.8 Å². The van der Waals surface area contributed by atoms with E-state index in [-0.39, 0.29) is 17.9 Å². The van der Waals surface area contributed by atoms with E-state index in [2.05, 4.69) is 61.6 Å². The van der Waals surface area contributed by atoms with Crippen LogP contribution in [-0.4, -0.2) is 11.8 Å². The first-order valence-corrected chi connectivity index (χ1v) is 14.6. The van der Waals surface area contributed by atoms with Gasteiger partial charge >= 0.3 is 0 Å². The first-order chi connectivity index (χ1) is 19.5. The van der Waals surface area contributed by atoms with Crippen molar-refractivity contribution in [2.24, 2.45) is 0 Å². The zero-order valence-electron chi connectivity index (χ0n) is 22.8. The molecule has 0 saturated heterocycles. The maximum atomic E-state index is 13.8. The lowest BCUT2D eigenvalue weighted by Crippen LogP contribution is -2.34. The molecule has 1 heterocycles. The fourth-order valence-electron chi connectivity index (χ4n) is 5.59. The molecule has 0 radical (unpaired) electrons. The summed E-state index contributed by atoms with van der Waals surface area (Å²) >= 11 is 1.50. The lowest BCUT2D eigenvalue weighted by atomic mass is 9.87. The molecular weight excluding hydrogens is 512 g/mol. The number of para-hydroxylation sites is 1. The number of hydrogen-bond donors (Lipinski definition) is 1. The van der Waals surface area contributed by atoms with Crippen LogP contribution in [0.1, 0.15) is 62.6 Å². The van der Waals surface area contributed by atoms with Crippen LogP contribution in [0.2, 0.25) is 0 Å². The van der Waals surface area contributed by atoms with Gasteiger partial charge in [0.15, 0.2) is 0 Å². The van der Waals surface area contributed by atoms with Gasteiger partial charge in [0, 0.05) is 10.5 Å². The van der Waals surface area contributed by atoms with Gasteiger partial charge in [-0.05, 0) is 91.3 Å². The van der Waals surface area contributed by atoms with Crippen LogP contribution in [0.4, 0.5) is 5.69 Å². The highest BCUT2D eigenvalue weighted by molar-refractivity contribution is 8.04. The molecule has 4 aromatic carbocycles. The van der Waals surface area contributed by atoms with Crippen LogP contribution in [0.25, 0.3) is 6.08 Å². The van der Waals surface area contributed by atoms with Crippen LogP contribution in [0.3, 0.4) is 0 Å². The lowest BCUT2D eigenvalue weighted by Gasteiger charge is -2.31. The third-order valence-electron chi connectivity index (χ3n) is 7.81. The summed E-state index contributed by atoms with van der Waals surface area (Å²) in [6.45, 7) is 4.68. The molecule has 2 aliphatic rings. The van der Waals surface area contributed by atoms with Gasteiger partial charge in [-0.15, -0.1) is 0 Å². The number of aryl methyl sites for hydroxylation is 3.